The van der Waals surface area contributed by atoms with Crippen LogP contribution in [0.2, 0.25) is 0 Å². The van der Waals surface area contributed by atoms with Gasteiger partial charge in [-0.3, -0.25) is 4.79 Å². The number of thiazole rings is 2. The number of amides is 2. The molecule has 2 aromatic rings. The van der Waals surface area contributed by atoms with Crippen LogP contribution in [-0.2, 0) is 20.7 Å². The Hall–Kier alpha value is -2.53. The molecule has 0 saturated heterocycles. The third-order valence-electron chi connectivity index (χ3n) is 3.56. The van der Waals surface area contributed by atoms with Crippen molar-refractivity contribution in [3.63, 3.8) is 0 Å². The highest BCUT2D eigenvalue weighted by Crippen LogP contribution is 2.26. The van der Waals surface area contributed by atoms with Crippen LogP contribution in [0.1, 0.15) is 63.5 Å². The SMILES string of the molecule is CC(C)(C)OC(=O)N[C@@H](CCc1nc(-c2nc(C(N)=O)cs2)cs1)C(=O)OC(C)(C)C. The van der Waals surface area contributed by atoms with E-state index in [0.717, 1.165) is 5.01 Å². The average molecular weight is 469 g/mol. The minimum Gasteiger partial charge on any atom is -0.458 e. The number of carbonyl (C=O) groups excluding carboxylic acids is 3. The number of nitrogens with one attached hydrogen (secondary N) is 1. The topological polar surface area (TPSA) is 133 Å². The Balaban J connectivity index is 2.08. The molecule has 0 spiro atoms. The fraction of sp³-hybridized carbons (Fsp3) is 0.550. The Kier molecular flexibility index (Phi) is 7.77. The van der Waals surface area contributed by atoms with Crippen molar-refractivity contribution in [2.75, 3.05) is 0 Å². The van der Waals surface area contributed by atoms with Gasteiger partial charge in [-0.1, -0.05) is 0 Å². The summed E-state index contributed by atoms with van der Waals surface area (Å²) in [5.74, 6) is -1.13. The molecule has 2 aromatic heterocycles. The number of alkyl carbamates (subject to hydrolysis) is 1. The lowest BCUT2D eigenvalue weighted by molar-refractivity contribution is -0.157. The van der Waals surface area contributed by atoms with Crippen LogP contribution in [0.15, 0.2) is 10.8 Å². The van der Waals surface area contributed by atoms with Crippen molar-refractivity contribution in [1.82, 2.24) is 15.3 Å². The Morgan fingerprint density at radius 2 is 1.68 bits per heavy atom. The molecule has 0 aromatic carbocycles. The Labute approximate surface area is 189 Å². The van der Waals surface area contributed by atoms with Crippen LogP contribution >= 0.6 is 22.7 Å². The number of esters is 1. The van der Waals surface area contributed by atoms with Gasteiger partial charge in [-0.25, -0.2) is 19.6 Å². The second kappa shape index (κ2) is 9.73. The van der Waals surface area contributed by atoms with E-state index in [1.807, 2.05) is 5.38 Å². The summed E-state index contributed by atoms with van der Waals surface area (Å²) in [4.78, 5) is 44.7. The molecule has 0 aliphatic rings. The minimum absolute atomic E-state index is 0.195. The molecule has 9 nitrogen and oxygen atoms in total. The van der Waals surface area contributed by atoms with Crippen LogP contribution in [0.4, 0.5) is 4.79 Å². The lowest BCUT2D eigenvalue weighted by Gasteiger charge is -2.26. The highest BCUT2D eigenvalue weighted by molar-refractivity contribution is 7.14. The number of aromatic nitrogens is 2. The van der Waals surface area contributed by atoms with Crippen LogP contribution in [0, 0.1) is 0 Å². The maximum Gasteiger partial charge on any atom is 0.408 e. The highest BCUT2D eigenvalue weighted by Gasteiger charge is 2.29. The van der Waals surface area contributed by atoms with Gasteiger partial charge in [0.2, 0.25) is 0 Å². The molecule has 1 atom stereocenters. The largest absolute Gasteiger partial charge is 0.458 e. The second-order valence-corrected chi connectivity index (χ2v) is 10.6. The maximum atomic E-state index is 12.6. The summed E-state index contributed by atoms with van der Waals surface area (Å²) in [6.07, 6.45) is 0.0224. The molecular weight excluding hydrogens is 440 g/mol. The summed E-state index contributed by atoms with van der Waals surface area (Å²) < 4.78 is 10.7. The quantitative estimate of drug-likeness (QED) is 0.594. The van der Waals surface area contributed by atoms with Gasteiger partial charge < -0.3 is 20.5 Å². The number of carbonyl (C=O) groups is 3. The average Bonchev–Trinajstić information content (AvgIpc) is 3.24. The highest BCUT2D eigenvalue weighted by atomic mass is 32.1. The van der Waals surface area contributed by atoms with Crippen molar-refractivity contribution in [1.29, 1.82) is 0 Å². The molecule has 11 heteroatoms. The normalized spacial score (nSPS) is 12.8. The van der Waals surface area contributed by atoms with E-state index in [9.17, 15) is 14.4 Å². The number of nitrogens with zero attached hydrogens (tertiary/aromatic N) is 2. The molecule has 2 heterocycles. The van der Waals surface area contributed by atoms with E-state index in [2.05, 4.69) is 15.3 Å². The second-order valence-electron chi connectivity index (χ2n) is 8.80. The van der Waals surface area contributed by atoms with Crippen molar-refractivity contribution < 1.29 is 23.9 Å². The molecular formula is C20H28N4O5S2. The summed E-state index contributed by atoms with van der Waals surface area (Å²) >= 11 is 2.68. The zero-order valence-electron chi connectivity index (χ0n) is 18.5. The molecule has 2 rings (SSSR count). The molecule has 0 aliphatic heterocycles. The minimum atomic E-state index is -0.886. The number of hydrogen-bond donors (Lipinski definition) is 2. The Morgan fingerprint density at radius 1 is 1.03 bits per heavy atom. The van der Waals surface area contributed by atoms with Gasteiger partial charge in [-0.05, 0) is 48.0 Å². The first-order valence-corrected chi connectivity index (χ1v) is 11.4. The van der Waals surface area contributed by atoms with E-state index in [0.29, 0.717) is 17.1 Å². The van der Waals surface area contributed by atoms with Gasteiger partial charge in [0.05, 0.1) is 5.01 Å². The fourth-order valence-corrected chi connectivity index (χ4v) is 4.01. The van der Waals surface area contributed by atoms with Gasteiger partial charge in [0, 0.05) is 17.2 Å². The third kappa shape index (κ3) is 8.25. The maximum absolute atomic E-state index is 12.6. The predicted octanol–water partition coefficient (Wildman–Crippen LogP) is 3.53. The van der Waals surface area contributed by atoms with Crippen molar-refractivity contribution >= 4 is 40.6 Å². The fourth-order valence-electron chi connectivity index (χ4n) is 2.37. The molecule has 170 valence electrons. The molecule has 0 radical (unpaired) electrons. The summed E-state index contributed by atoms with van der Waals surface area (Å²) in [6.45, 7) is 10.5. The van der Waals surface area contributed by atoms with E-state index >= 15 is 0 Å². The summed E-state index contributed by atoms with van der Waals surface area (Å²) in [7, 11) is 0. The lowest BCUT2D eigenvalue weighted by Crippen LogP contribution is -2.46. The van der Waals surface area contributed by atoms with Crippen molar-refractivity contribution in [2.45, 2.75) is 71.6 Å². The van der Waals surface area contributed by atoms with Gasteiger partial charge in [0.15, 0.2) is 0 Å². The summed E-state index contributed by atoms with van der Waals surface area (Å²) in [6, 6.07) is -0.886. The molecule has 0 fully saturated rings. The van der Waals surface area contributed by atoms with Gasteiger partial charge in [0.1, 0.15) is 33.6 Å². The molecule has 31 heavy (non-hydrogen) atoms. The third-order valence-corrected chi connectivity index (χ3v) is 5.33. The van der Waals surface area contributed by atoms with Crippen LogP contribution < -0.4 is 11.1 Å². The van der Waals surface area contributed by atoms with E-state index in [-0.39, 0.29) is 12.1 Å². The molecule has 0 bridgehead atoms. The number of hydrogen-bond acceptors (Lipinski definition) is 9. The van der Waals surface area contributed by atoms with Gasteiger partial charge in [-0.15, -0.1) is 22.7 Å². The Bertz CT molecular complexity index is 940. The van der Waals surface area contributed by atoms with E-state index in [1.54, 1.807) is 46.9 Å². The number of aryl methyl sites for hydroxylation is 1. The molecule has 0 unspecified atom stereocenters. The molecule has 0 aliphatic carbocycles. The summed E-state index contributed by atoms with van der Waals surface area (Å²) in [5, 5.41) is 7.35. The zero-order chi connectivity index (χ0) is 23.4. The van der Waals surface area contributed by atoms with Gasteiger partial charge in [-0.2, -0.15) is 0 Å². The number of nitrogens with two attached hydrogens (primary N) is 1. The number of rotatable bonds is 7. The van der Waals surface area contributed by atoms with Gasteiger partial charge in [0.25, 0.3) is 5.91 Å². The van der Waals surface area contributed by atoms with Crippen LogP contribution in [0.3, 0.4) is 0 Å². The monoisotopic (exact) mass is 468 g/mol. The molecule has 3 N–H and O–H groups in total. The molecule has 2 amide bonds. The zero-order valence-corrected chi connectivity index (χ0v) is 20.1. The smallest absolute Gasteiger partial charge is 0.408 e. The molecule has 0 saturated carbocycles. The van der Waals surface area contributed by atoms with Crippen molar-refractivity contribution in [2.24, 2.45) is 5.73 Å². The number of primary amides is 1. The number of ether oxygens (including phenoxy) is 2. The van der Waals surface area contributed by atoms with Crippen LogP contribution in [0.5, 0.6) is 0 Å². The lowest BCUT2D eigenvalue weighted by atomic mass is 10.1. The first-order valence-electron chi connectivity index (χ1n) is 9.66. The van der Waals surface area contributed by atoms with Crippen molar-refractivity contribution in [3.8, 4) is 10.7 Å². The van der Waals surface area contributed by atoms with Crippen LogP contribution in [0.25, 0.3) is 10.7 Å². The van der Waals surface area contributed by atoms with Crippen molar-refractivity contribution in [3.05, 3.63) is 21.5 Å². The Morgan fingerprint density at radius 3 is 2.23 bits per heavy atom. The standard InChI is InChI=1S/C20H28N4O5S2/c1-19(2,3)28-17(26)11(24-18(27)29-20(4,5)6)7-8-14-22-13(10-30-14)16-23-12(9-31-16)15(21)25/h9-11H,7-8H2,1-6H3,(H2,21,25)(H,24,27)/t11-/m0/s1. The van der Waals surface area contributed by atoms with E-state index < -0.39 is 35.2 Å². The van der Waals surface area contributed by atoms with Crippen LogP contribution in [-0.4, -0.2) is 45.2 Å². The first-order chi connectivity index (χ1) is 14.2. The van der Waals surface area contributed by atoms with E-state index in [4.69, 9.17) is 15.2 Å². The first kappa shape index (κ1) is 24.7. The summed E-state index contributed by atoms with van der Waals surface area (Å²) in [5.41, 5.74) is 4.68. The van der Waals surface area contributed by atoms with E-state index in [1.165, 1.54) is 22.7 Å². The van der Waals surface area contributed by atoms with Gasteiger partial charge >= 0.3 is 12.1 Å². The predicted molar refractivity (Wildman–Crippen MR) is 119 cm³/mol.